The first-order valence-electron chi connectivity index (χ1n) is 6.81. The summed E-state index contributed by atoms with van der Waals surface area (Å²) in [5, 5.41) is 0.731. The number of hydrogen-bond acceptors (Lipinski definition) is 2. The fraction of sp³-hybridized carbons (Fsp3) is 0.600. The highest BCUT2D eigenvalue weighted by atomic mass is 35.5. The van der Waals surface area contributed by atoms with Gasteiger partial charge < -0.3 is 10.5 Å². The number of halogens is 1. The highest BCUT2D eigenvalue weighted by Crippen LogP contribution is 2.36. The highest BCUT2D eigenvalue weighted by Gasteiger charge is 2.23. The van der Waals surface area contributed by atoms with Crippen LogP contribution in [0.15, 0.2) is 18.2 Å². The maximum Gasteiger partial charge on any atom is 0.123 e. The van der Waals surface area contributed by atoms with Crippen molar-refractivity contribution in [2.24, 2.45) is 11.7 Å². The molecule has 0 amide bonds. The summed E-state index contributed by atoms with van der Waals surface area (Å²) < 4.78 is 5.40. The largest absolute Gasteiger partial charge is 0.496 e. The van der Waals surface area contributed by atoms with Crippen LogP contribution in [0.2, 0.25) is 5.02 Å². The lowest BCUT2D eigenvalue weighted by molar-refractivity contribution is 0.359. The average molecular weight is 268 g/mol. The molecular weight excluding hydrogens is 246 g/mol. The Kier molecular flexibility index (Phi) is 4.90. The van der Waals surface area contributed by atoms with Crippen LogP contribution >= 0.6 is 11.6 Å². The molecule has 2 N–H and O–H groups in total. The average Bonchev–Trinajstić information content (AvgIpc) is 2.66. The highest BCUT2D eigenvalue weighted by molar-refractivity contribution is 6.30. The predicted octanol–water partition coefficient (Wildman–Crippen LogP) is 4.32. The molecule has 2 rings (SSSR count). The van der Waals surface area contributed by atoms with E-state index in [9.17, 15) is 0 Å². The minimum Gasteiger partial charge on any atom is -0.496 e. The molecular formula is C15H22ClNO. The Balaban J connectivity index is 2.20. The molecule has 100 valence electrons. The van der Waals surface area contributed by atoms with Crippen molar-refractivity contribution in [3.63, 3.8) is 0 Å². The molecule has 18 heavy (non-hydrogen) atoms. The molecule has 0 aliphatic heterocycles. The van der Waals surface area contributed by atoms with Crippen molar-refractivity contribution < 1.29 is 4.74 Å². The van der Waals surface area contributed by atoms with E-state index in [4.69, 9.17) is 22.1 Å². The molecule has 1 aromatic rings. The van der Waals surface area contributed by atoms with Crippen LogP contribution in [0.4, 0.5) is 0 Å². The first-order chi connectivity index (χ1) is 8.72. The number of hydrogen-bond donors (Lipinski definition) is 1. The molecule has 0 aromatic heterocycles. The lowest BCUT2D eigenvalue weighted by Crippen LogP contribution is -2.21. The summed E-state index contributed by atoms with van der Waals surface area (Å²) in [6.45, 7) is 0. The van der Waals surface area contributed by atoms with Crippen LogP contribution in [-0.2, 0) is 0 Å². The molecule has 1 aliphatic carbocycles. The van der Waals surface area contributed by atoms with Gasteiger partial charge in [0.2, 0.25) is 0 Å². The number of ether oxygens (including phenoxy) is 1. The van der Waals surface area contributed by atoms with Gasteiger partial charge in [0.15, 0.2) is 0 Å². The number of nitrogens with two attached hydrogens (primary N) is 1. The maximum absolute atomic E-state index is 6.45. The zero-order chi connectivity index (χ0) is 13.0. The standard InChI is InChI=1S/C15H22ClNO/c1-18-14-9-8-12(16)10-13(14)15(17)11-6-4-2-3-5-7-11/h8-11,15H,2-7,17H2,1H3. The molecule has 1 saturated carbocycles. The van der Waals surface area contributed by atoms with E-state index in [1.165, 1.54) is 38.5 Å². The third-order valence-corrected chi connectivity index (χ3v) is 4.19. The lowest BCUT2D eigenvalue weighted by Gasteiger charge is -2.24. The van der Waals surface area contributed by atoms with E-state index >= 15 is 0 Å². The van der Waals surface area contributed by atoms with E-state index < -0.39 is 0 Å². The topological polar surface area (TPSA) is 35.2 Å². The fourth-order valence-electron chi connectivity index (χ4n) is 2.89. The van der Waals surface area contributed by atoms with E-state index in [-0.39, 0.29) is 6.04 Å². The zero-order valence-corrected chi connectivity index (χ0v) is 11.7. The van der Waals surface area contributed by atoms with Gasteiger partial charge in [-0.15, -0.1) is 0 Å². The second-order valence-corrected chi connectivity index (χ2v) is 5.60. The van der Waals surface area contributed by atoms with Crippen molar-refractivity contribution >= 4 is 11.6 Å². The quantitative estimate of drug-likeness (QED) is 0.828. The molecule has 0 heterocycles. The third kappa shape index (κ3) is 3.18. The van der Waals surface area contributed by atoms with Gasteiger partial charge in [-0.3, -0.25) is 0 Å². The van der Waals surface area contributed by atoms with Gasteiger partial charge in [0.1, 0.15) is 5.75 Å². The van der Waals surface area contributed by atoms with Gasteiger partial charge in [0, 0.05) is 16.6 Å². The molecule has 3 heteroatoms. The summed E-state index contributed by atoms with van der Waals surface area (Å²) >= 11 is 6.08. The lowest BCUT2D eigenvalue weighted by atomic mass is 9.87. The predicted molar refractivity (Wildman–Crippen MR) is 76.1 cm³/mol. The van der Waals surface area contributed by atoms with E-state index in [1.807, 2.05) is 18.2 Å². The van der Waals surface area contributed by atoms with Crippen molar-refractivity contribution in [2.75, 3.05) is 7.11 Å². The molecule has 1 aliphatic rings. The van der Waals surface area contributed by atoms with Gasteiger partial charge in [-0.2, -0.15) is 0 Å². The van der Waals surface area contributed by atoms with Crippen molar-refractivity contribution in [1.29, 1.82) is 0 Å². The molecule has 0 bridgehead atoms. The Hall–Kier alpha value is -0.730. The van der Waals surface area contributed by atoms with Gasteiger partial charge in [-0.1, -0.05) is 37.3 Å². The first-order valence-corrected chi connectivity index (χ1v) is 7.19. The van der Waals surface area contributed by atoms with Gasteiger partial charge in [0.25, 0.3) is 0 Å². The normalized spacial score (nSPS) is 19.3. The molecule has 1 atom stereocenters. The molecule has 0 saturated heterocycles. The Morgan fingerprint density at radius 3 is 2.50 bits per heavy atom. The van der Waals surface area contributed by atoms with Gasteiger partial charge in [0.05, 0.1) is 7.11 Å². The van der Waals surface area contributed by atoms with E-state index in [0.29, 0.717) is 5.92 Å². The smallest absolute Gasteiger partial charge is 0.123 e. The third-order valence-electron chi connectivity index (χ3n) is 3.96. The van der Waals surface area contributed by atoms with Crippen molar-refractivity contribution in [3.05, 3.63) is 28.8 Å². The molecule has 1 fully saturated rings. The minimum absolute atomic E-state index is 0.0387. The number of benzene rings is 1. The monoisotopic (exact) mass is 267 g/mol. The summed E-state index contributed by atoms with van der Waals surface area (Å²) in [5.41, 5.74) is 7.50. The Morgan fingerprint density at radius 2 is 1.89 bits per heavy atom. The zero-order valence-electron chi connectivity index (χ0n) is 11.0. The van der Waals surface area contributed by atoms with E-state index in [2.05, 4.69) is 0 Å². The number of methoxy groups -OCH3 is 1. The Labute approximate surface area is 114 Å². The van der Waals surface area contributed by atoms with Crippen LogP contribution in [0.1, 0.15) is 50.1 Å². The fourth-order valence-corrected chi connectivity index (χ4v) is 3.07. The van der Waals surface area contributed by atoms with E-state index in [1.54, 1.807) is 7.11 Å². The Morgan fingerprint density at radius 1 is 1.22 bits per heavy atom. The molecule has 0 radical (unpaired) electrons. The molecule has 0 spiro atoms. The summed E-state index contributed by atoms with van der Waals surface area (Å²) in [6, 6.07) is 5.75. The van der Waals surface area contributed by atoms with Crippen LogP contribution in [0.5, 0.6) is 5.75 Å². The summed E-state index contributed by atoms with van der Waals surface area (Å²) in [7, 11) is 1.69. The second-order valence-electron chi connectivity index (χ2n) is 5.16. The molecule has 1 unspecified atom stereocenters. The first kappa shape index (κ1) is 13.7. The van der Waals surface area contributed by atoms with Crippen LogP contribution in [0.3, 0.4) is 0 Å². The number of rotatable bonds is 3. The summed E-state index contributed by atoms with van der Waals surface area (Å²) in [4.78, 5) is 0. The van der Waals surface area contributed by atoms with Gasteiger partial charge >= 0.3 is 0 Å². The summed E-state index contributed by atoms with van der Waals surface area (Å²) in [5.74, 6) is 1.41. The molecule has 1 aromatic carbocycles. The SMILES string of the molecule is COc1ccc(Cl)cc1C(N)C1CCCCCC1. The molecule has 2 nitrogen and oxygen atoms in total. The van der Waals surface area contributed by atoms with Gasteiger partial charge in [-0.25, -0.2) is 0 Å². The minimum atomic E-state index is 0.0387. The van der Waals surface area contributed by atoms with Crippen molar-refractivity contribution in [2.45, 2.75) is 44.6 Å². The second kappa shape index (κ2) is 6.44. The van der Waals surface area contributed by atoms with E-state index in [0.717, 1.165) is 16.3 Å². The van der Waals surface area contributed by atoms with Crippen LogP contribution in [-0.4, -0.2) is 7.11 Å². The van der Waals surface area contributed by atoms with Crippen molar-refractivity contribution in [3.8, 4) is 5.75 Å². The Bertz CT molecular complexity index is 386. The van der Waals surface area contributed by atoms with Crippen LogP contribution < -0.4 is 10.5 Å². The summed E-state index contributed by atoms with van der Waals surface area (Å²) in [6.07, 6.45) is 7.71. The van der Waals surface area contributed by atoms with Crippen LogP contribution in [0.25, 0.3) is 0 Å². The van der Waals surface area contributed by atoms with Crippen LogP contribution in [0, 0.1) is 5.92 Å². The maximum atomic E-state index is 6.45. The van der Waals surface area contributed by atoms with Gasteiger partial charge in [-0.05, 0) is 37.0 Å². The van der Waals surface area contributed by atoms with Crippen molar-refractivity contribution in [1.82, 2.24) is 0 Å².